The zero-order valence-corrected chi connectivity index (χ0v) is 12.3. The molecular weight excluding hydrogens is 284 g/mol. The van der Waals surface area contributed by atoms with Crippen molar-refractivity contribution in [3.63, 3.8) is 0 Å². The molecule has 0 spiro atoms. The van der Waals surface area contributed by atoms with Gasteiger partial charge >= 0.3 is 5.97 Å². The van der Waals surface area contributed by atoms with Gasteiger partial charge in [0.25, 0.3) is 10.2 Å². The summed E-state index contributed by atoms with van der Waals surface area (Å²) in [6.07, 6.45) is 0. The van der Waals surface area contributed by atoms with E-state index in [-0.39, 0.29) is 6.54 Å². The molecule has 0 amide bonds. The largest absolute Gasteiger partial charge is 0.497 e. The number of nitrogens with zero attached hydrogens (tertiary/aromatic N) is 1. The Bertz CT molecular complexity index is 573. The van der Waals surface area contributed by atoms with Gasteiger partial charge in [0.05, 0.1) is 7.11 Å². The Morgan fingerprint density at radius 2 is 2.15 bits per heavy atom. The van der Waals surface area contributed by atoms with E-state index in [1.165, 1.54) is 21.1 Å². The fraction of sp³-hybridized carbons (Fsp3) is 0.417. The lowest BCUT2D eigenvalue weighted by molar-refractivity contribution is -0.138. The van der Waals surface area contributed by atoms with Gasteiger partial charge in [-0.15, -0.1) is 0 Å². The molecule has 0 aliphatic rings. The first kappa shape index (κ1) is 16.4. The summed E-state index contributed by atoms with van der Waals surface area (Å²) in [6.45, 7) is 1.37. The second kappa shape index (κ2) is 6.69. The standard InChI is InChI=1S/C12H18N2O5S/c1-9(12(15)16)13-20(17,18)14(2)8-10-5-4-6-11(7-10)19-3/h4-7,9,13H,8H2,1-3H3,(H,15,16). The maximum atomic E-state index is 11.9. The molecule has 0 radical (unpaired) electrons. The summed E-state index contributed by atoms with van der Waals surface area (Å²) in [6, 6.07) is 5.79. The highest BCUT2D eigenvalue weighted by Gasteiger charge is 2.23. The van der Waals surface area contributed by atoms with Gasteiger partial charge < -0.3 is 9.84 Å². The summed E-state index contributed by atoms with van der Waals surface area (Å²) in [5.74, 6) is -0.608. The lowest BCUT2D eigenvalue weighted by atomic mass is 10.2. The van der Waals surface area contributed by atoms with Crippen LogP contribution in [0.4, 0.5) is 0 Å². The topological polar surface area (TPSA) is 95.9 Å². The summed E-state index contributed by atoms with van der Waals surface area (Å²) in [5, 5.41) is 8.72. The minimum absolute atomic E-state index is 0.110. The monoisotopic (exact) mass is 302 g/mol. The van der Waals surface area contributed by atoms with Gasteiger partial charge in [-0.05, 0) is 24.6 Å². The van der Waals surface area contributed by atoms with E-state index in [2.05, 4.69) is 4.72 Å². The second-order valence-electron chi connectivity index (χ2n) is 4.29. The number of benzene rings is 1. The summed E-state index contributed by atoms with van der Waals surface area (Å²) in [4.78, 5) is 10.7. The Kier molecular flexibility index (Phi) is 5.49. The van der Waals surface area contributed by atoms with Crippen molar-refractivity contribution in [3.05, 3.63) is 29.8 Å². The number of carboxylic acid groups (broad SMARTS) is 1. The van der Waals surface area contributed by atoms with Crippen molar-refractivity contribution in [2.75, 3.05) is 14.2 Å². The molecule has 1 unspecified atom stereocenters. The number of hydrogen-bond donors (Lipinski definition) is 2. The molecule has 0 saturated carbocycles. The molecule has 1 aromatic carbocycles. The van der Waals surface area contributed by atoms with Crippen LogP contribution in [0.1, 0.15) is 12.5 Å². The van der Waals surface area contributed by atoms with E-state index in [1.54, 1.807) is 24.3 Å². The SMILES string of the molecule is COc1cccc(CN(C)S(=O)(=O)NC(C)C(=O)O)c1. The van der Waals surface area contributed by atoms with Crippen molar-refractivity contribution in [2.24, 2.45) is 0 Å². The molecule has 8 heteroatoms. The van der Waals surface area contributed by atoms with Gasteiger partial charge in [0, 0.05) is 13.6 Å². The van der Waals surface area contributed by atoms with Gasteiger partial charge in [0.15, 0.2) is 0 Å². The molecule has 0 saturated heterocycles. The minimum Gasteiger partial charge on any atom is -0.497 e. The number of nitrogens with one attached hydrogen (secondary N) is 1. The molecule has 7 nitrogen and oxygen atoms in total. The van der Waals surface area contributed by atoms with Crippen molar-refractivity contribution in [1.82, 2.24) is 9.03 Å². The van der Waals surface area contributed by atoms with Crippen molar-refractivity contribution in [1.29, 1.82) is 0 Å². The summed E-state index contributed by atoms with van der Waals surface area (Å²) < 4.78 is 32.0. The zero-order chi connectivity index (χ0) is 15.3. The van der Waals surface area contributed by atoms with Crippen LogP contribution in [0.2, 0.25) is 0 Å². The first-order valence-electron chi connectivity index (χ1n) is 5.85. The number of methoxy groups -OCH3 is 1. The molecule has 0 aromatic heterocycles. The second-order valence-corrected chi connectivity index (χ2v) is 6.10. The Hall–Kier alpha value is -1.64. The fourth-order valence-electron chi connectivity index (χ4n) is 1.48. The van der Waals surface area contributed by atoms with E-state index in [4.69, 9.17) is 9.84 Å². The molecule has 0 bridgehead atoms. The van der Waals surface area contributed by atoms with E-state index in [0.717, 1.165) is 9.87 Å². The average Bonchev–Trinajstić information content (AvgIpc) is 2.38. The summed E-state index contributed by atoms with van der Waals surface area (Å²) in [5.41, 5.74) is 0.736. The predicted octanol–water partition coefficient (Wildman–Crippen LogP) is 0.434. The first-order valence-corrected chi connectivity index (χ1v) is 7.29. The highest BCUT2D eigenvalue weighted by atomic mass is 32.2. The molecule has 1 atom stereocenters. The van der Waals surface area contributed by atoms with Crippen molar-refractivity contribution < 1.29 is 23.1 Å². The van der Waals surface area contributed by atoms with Crippen LogP contribution < -0.4 is 9.46 Å². The number of hydrogen-bond acceptors (Lipinski definition) is 4. The van der Waals surface area contributed by atoms with Crippen LogP contribution >= 0.6 is 0 Å². The smallest absolute Gasteiger partial charge is 0.321 e. The Balaban J connectivity index is 2.78. The van der Waals surface area contributed by atoms with Crippen molar-refractivity contribution in [2.45, 2.75) is 19.5 Å². The maximum Gasteiger partial charge on any atom is 0.321 e. The van der Waals surface area contributed by atoms with Gasteiger partial charge in [-0.3, -0.25) is 4.79 Å². The van der Waals surface area contributed by atoms with Crippen molar-refractivity contribution >= 4 is 16.2 Å². The number of rotatable bonds is 7. The van der Waals surface area contributed by atoms with Gasteiger partial charge in [0.2, 0.25) is 0 Å². The Morgan fingerprint density at radius 3 is 2.70 bits per heavy atom. The highest BCUT2D eigenvalue weighted by Crippen LogP contribution is 2.14. The van der Waals surface area contributed by atoms with Gasteiger partial charge in [-0.2, -0.15) is 17.4 Å². The number of carbonyl (C=O) groups is 1. The quantitative estimate of drug-likeness (QED) is 0.761. The zero-order valence-electron chi connectivity index (χ0n) is 11.5. The molecule has 112 valence electrons. The molecule has 1 rings (SSSR count). The summed E-state index contributed by atoms with van der Waals surface area (Å²) >= 11 is 0. The van der Waals surface area contributed by atoms with Crippen LogP contribution in [0.3, 0.4) is 0 Å². The Labute approximate surface area is 118 Å². The fourth-order valence-corrected chi connectivity index (χ4v) is 2.52. The van der Waals surface area contributed by atoms with E-state index in [9.17, 15) is 13.2 Å². The van der Waals surface area contributed by atoms with Gasteiger partial charge in [0.1, 0.15) is 11.8 Å². The molecule has 1 aromatic rings. The molecule has 0 aliphatic heterocycles. The molecular formula is C12H18N2O5S. The van der Waals surface area contributed by atoms with Crippen LogP contribution in [0.15, 0.2) is 24.3 Å². The third-order valence-corrected chi connectivity index (χ3v) is 4.25. The van der Waals surface area contributed by atoms with E-state index < -0.39 is 22.2 Å². The third-order valence-electron chi connectivity index (χ3n) is 2.65. The van der Waals surface area contributed by atoms with Gasteiger partial charge in [-0.25, -0.2) is 0 Å². The average molecular weight is 302 g/mol. The van der Waals surface area contributed by atoms with Crippen LogP contribution in [0, 0.1) is 0 Å². The molecule has 0 heterocycles. The van der Waals surface area contributed by atoms with Crippen LogP contribution in [-0.4, -0.2) is 44.0 Å². The molecule has 0 fully saturated rings. The lowest BCUT2D eigenvalue weighted by Crippen LogP contribution is -2.45. The van der Waals surface area contributed by atoms with E-state index in [0.29, 0.717) is 5.75 Å². The minimum atomic E-state index is -3.86. The number of aliphatic carboxylic acids is 1. The molecule has 0 aliphatic carbocycles. The molecule has 2 N–H and O–H groups in total. The first-order chi connectivity index (χ1) is 9.26. The van der Waals surface area contributed by atoms with Crippen LogP contribution in [-0.2, 0) is 21.5 Å². The molecule has 20 heavy (non-hydrogen) atoms. The van der Waals surface area contributed by atoms with Crippen LogP contribution in [0.25, 0.3) is 0 Å². The lowest BCUT2D eigenvalue weighted by Gasteiger charge is -2.19. The maximum absolute atomic E-state index is 11.9. The van der Waals surface area contributed by atoms with Gasteiger partial charge in [-0.1, -0.05) is 12.1 Å². The third kappa shape index (κ3) is 4.48. The highest BCUT2D eigenvalue weighted by molar-refractivity contribution is 7.87. The Morgan fingerprint density at radius 1 is 1.50 bits per heavy atom. The van der Waals surface area contributed by atoms with E-state index in [1.807, 2.05) is 0 Å². The summed E-state index contributed by atoms with van der Waals surface area (Å²) in [7, 11) is -0.966. The van der Waals surface area contributed by atoms with Crippen LogP contribution in [0.5, 0.6) is 5.75 Å². The normalized spacial score (nSPS) is 13.2. The van der Waals surface area contributed by atoms with E-state index >= 15 is 0 Å². The number of carboxylic acids is 1. The number of ether oxygens (including phenoxy) is 1. The van der Waals surface area contributed by atoms with Crippen molar-refractivity contribution in [3.8, 4) is 5.75 Å². The predicted molar refractivity (Wildman–Crippen MR) is 73.6 cm³/mol.